The lowest BCUT2D eigenvalue weighted by atomic mass is 9.71. The Morgan fingerprint density at radius 2 is 2.23 bits per heavy atom. The topological polar surface area (TPSA) is 9.23 Å². The van der Waals surface area contributed by atoms with Crippen LogP contribution in [-0.4, -0.2) is 18.5 Å². The molecule has 0 aromatic carbocycles. The van der Waals surface area contributed by atoms with Crippen molar-refractivity contribution >= 4 is 15.9 Å². The lowest BCUT2D eigenvalue weighted by Gasteiger charge is -2.40. The molecule has 0 spiro atoms. The molecule has 1 aliphatic rings. The third-order valence-corrected chi connectivity index (χ3v) is 3.97. The summed E-state index contributed by atoms with van der Waals surface area (Å²) in [7, 11) is 0. The lowest BCUT2D eigenvalue weighted by Crippen LogP contribution is -2.36. The van der Waals surface area contributed by atoms with E-state index in [0.717, 1.165) is 25.0 Å². The molecule has 0 aliphatic heterocycles. The summed E-state index contributed by atoms with van der Waals surface area (Å²) in [4.78, 5) is 0. The first-order valence-corrected chi connectivity index (χ1v) is 6.09. The van der Waals surface area contributed by atoms with Crippen LogP contribution in [0.3, 0.4) is 0 Å². The molecule has 1 saturated carbocycles. The Morgan fingerprint density at radius 1 is 1.54 bits per heavy atom. The van der Waals surface area contributed by atoms with Crippen LogP contribution in [0.2, 0.25) is 0 Å². The summed E-state index contributed by atoms with van der Waals surface area (Å²) in [5.74, 6) is 0. The van der Waals surface area contributed by atoms with Crippen LogP contribution in [0.4, 0.5) is 0 Å². The average Bonchev–Trinajstić information content (AvgIpc) is 2.01. The summed E-state index contributed by atoms with van der Waals surface area (Å²) in [6.45, 7) is 7.66. The van der Waals surface area contributed by atoms with Gasteiger partial charge in [-0.15, -0.1) is 6.58 Å². The van der Waals surface area contributed by atoms with Crippen molar-refractivity contribution in [3.8, 4) is 0 Å². The van der Waals surface area contributed by atoms with Crippen LogP contribution in [0.1, 0.15) is 32.6 Å². The van der Waals surface area contributed by atoms with E-state index in [4.69, 9.17) is 4.74 Å². The van der Waals surface area contributed by atoms with E-state index in [9.17, 15) is 0 Å². The van der Waals surface area contributed by atoms with Gasteiger partial charge in [-0.3, -0.25) is 0 Å². The van der Waals surface area contributed by atoms with Gasteiger partial charge in [0.15, 0.2) is 0 Å². The third kappa shape index (κ3) is 3.43. The molecule has 2 heteroatoms. The van der Waals surface area contributed by atoms with Crippen LogP contribution >= 0.6 is 15.9 Å². The van der Waals surface area contributed by atoms with Gasteiger partial charge < -0.3 is 4.74 Å². The summed E-state index contributed by atoms with van der Waals surface area (Å²) in [6.07, 6.45) is 5.02. The van der Waals surface area contributed by atoms with Gasteiger partial charge in [0.05, 0.1) is 13.2 Å². The van der Waals surface area contributed by atoms with Gasteiger partial charge in [0.1, 0.15) is 0 Å². The van der Waals surface area contributed by atoms with Gasteiger partial charge in [0.2, 0.25) is 0 Å². The zero-order valence-electron chi connectivity index (χ0n) is 8.44. The zero-order valence-corrected chi connectivity index (χ0v) is 10.0. The van der Waals surface area contributed by atoms with Gasteiger partial charge in [0.25, 0.3) is 0 Å². The Morgan fingerprint density at radius 3 is 2.62 bits per heavy atom. The van der Waals surface area contributed by atoms with Gasteiger partial charge in [-0.2, -0.15) is 0 Å². The summed E-state index contributed by atoms with van der Waals surface area (Å²) < 4.78 is 5.65. The number of halogens is 1. The van der Waals surface area contributed by atoms with Crippen LogP contribution < -0.4 is 0 Å². The molecule has 0 N–H and O–H groups in total. The van der Waals surface area contributed by atoms with Crippen LogP contribution in [0.5, 0.6) is 0 Å². The lowest BCUT2D eigenvalue weighted by molar-refractivity contribution is 0.0123. The molecule has 76 valence electrons. The van der Waals surface area contributed by atoms with Gasteiger partial charge >= 0.3 is 0 Å². The Kier molecular flexibility index (Phi) is 4.47. The molecule has 0 aromatic heterocycles. The van der Waals surface area contributed by atoms with E-state index in [0.29, 0.717) is 5.41 Å². The molecule has 0 amide bonds. The minimum absolute atomic E-state index is 0.467. The molecule has 1 aliphatic carbocycles. The molecule has 0 atom stereocenters. The highest BCUT2D eigenvalue weighted by Crippen LogP contribution is 2.42. The van der Waals surface area contributed by atoms with Gasteiger partial charge in [-0.1, -0.05) is 27.9 Å². The molecule has 1 fully saturated rings. The largest absolute Gasteiger partial charge is 0.381 e. The zero-order chi connectivity index (χ0) is 9.73. The van der Waals surface area contributed by atoms with Crippen molar-refractivity contribution in [1.29, 1.82) is 0 Å². The monoisotopic (exact) mass is 246 g/mol. The van der Waals surface area contributed by atoms with Crippen LogP contribution in [0, 0.1) is 5.41 Å². The molecule has 1 rings (SSSR count). The molecule has 0 saturated heterocycles. The number of rotatable bonds is 6. The van der Waals surface area contributed by atoms with Crippen molar-refractivity contribution < 1.29 is 4.74 Å². The minimum Gasteiger partial charge on any atom is -0.381 e. The maximum absolute atomic E-state index is 5.65. The van der Waals surface area contributed by atoms with Crippen molar-refractivity contribution in [2.75, 3.05) is 18.5 Å². The highest BCUT2D eigenvalue weighted by Gasteiger charge is 2.35. The normalized spacial score (nSPS) is 19.5. The molecule has 13 heavy (non-hydrogen) atoms. The van der Waals surface area contributed by atoms with Gasteiger partial charge in [-0.25, -0.2) is 0 Å². The molecule has 0 radical (unpaired) electrons. The van der Waals surface area contributed by atoms with Crippen molar-refractivity contribution in [2.45, 2.75) is 32.6 Å². The molecule has 1 nitrogen and oxygen atoms in total. The minimum atomic E-state index is 0.467. The van der Waals surface area contributed by atoms with Crippen molar-refractivity contribution in [3.63, 3.8) is 0 Å². The predicted molar refractivity (Wildman–Crippen MR) is 60.3 cm³/mol. The summed E-state index contributed by atoms with van der Waals surface area (Å²) >= 11 is 3.57. The highest BCUT2D eigenvalue weighted by molar-refractivity contribution is 9.09. The fourth-order valence-electron chi connectivity index (χ4n) is 1.53. The quantitative estimate of drug-likeness (QED) is 0.396. The summed E-state index contributed by atoms with van der Waals surface area (Å²) in [6, 6.07) is 0. The van der Waals surface area contributed by atoms with E-state index in [2.05, 4.69) is 22.5 Å². The Hall–Kier alpha value is 0.180. The number of ether oxygens (including phenoxy) is 1. The maximum atomic E-state index is 5.65. The fourth-order valence-corrected chi connectivity index (χ4v) is 2.25. The SMILES string of the molecule is C=C(C)CCOCC1(CBr)CCC1. The molecule has 0 bridgehead atoms. The number of hydrogen-bond donors (Lipinski definition) is 0. The van der Waals surface area contributed by atoms with Crippen molar-refractivity contribution in [2.24, 2.45) is 5.41 Å². The second kappa shape index (κ2) is 5.16. The van der Waals surface area contributed by atoms with E-state index in [1.807, 2.05) is 6.92 Å². The Bertz CT molecular complexity index is 167. The molecule has 0 unspecified atom stereocenters. The average molecular weight is 247 g/mol. The molecule has 0 heterocycles. The van der Waals surface area contributed by atoms with Crippen LogP contribution in [-0.2, 0) is 4.74 Å². The predicted octanol–water partition coefficient (Wildman–Crippen LogP) is 3.53. The smallest absolute Gasteiger partial charge is 0.0530 e. The standard InChI is InChI=1S/C11H19BrO/c1-10(2)4-7-13-9-11(8-12)5-3-6-11/h1,3-9H2,2H3. The van der Waals surface area contributed by atoms with E-state index in [1.54, 1.807) is 0 Å². The van der Waals surface area contributed by atoms with Crippen LogP contribution in [0.25, 0.3) is 0 Å². The molecular formula is C11H19BrO. The first kappa shape index (κ1) is 11.3. The fraction of sp³-hybridized carbons (Fsp3) is 0.818. The van der Waals surface area contributed by atoms with Crippen molar-refractivity contribution in [1.82, 2.24) is 0 Å². The van der Waals surface area contributed by atoms with E-state index >= 15 is 0 Å². The van der Waals surface area contributed by atoms with Crippen molar-refractivity contribution in [3.05, 3.63) is 12.2 Å². The van der Waals surface area contributed by atoms with E-state index < -0.39 is 0 Å². The Balaban J connectivity index is 2.07. The van der Waals surface area contributed by atoms with Gasteiger partial charge in [-0.05, 0) is 26.2 Å². The first-order valence-electron chi connectivity index (χ1n) is 4.97. The molecular weight excluding hydrogens is 228 g/mol. The second-order valence-corrected chi connectivity index (χ2v) is 4.81. The van der Waals surface area contributed by atoms with Gasteiger partial charge in [0, 0.05) is 10.7 Å². The van der Waals surface area contributed by atoms with E-state index in [-0.39, 0.29) is 0 Å². The Labute approximate surface area is 89.7 Å². The number of alkyl halides is 1. The van der Waals surface area contributed by atoms with Crippen LogP contribution in [0.15, 0.2) is 12.2 Å². The summed E-state index contributed by atoms with van der Waals surface area (Å²) in [5, 5.41) is 1.09. The van der Waals surface area contributed by atoms with E-state index in [1.165, 1.54) is 24.8 Å². The second-order valence-electron chi connectivity index (χ2n) is 4.25. The third-order valence-electron chi connectivity index (χ3n) is 2.78. The first-order chi connectivity index (χ1) is 6.18. The summed E-state index contributed by atoms with van der Waals surface area (Å²) in [5.41, 5.74) is 1.68. The maximum Gasteiger partial charge on any atom is 0.0530 e. The molecule has 0 aromatic rings. The highest BCUT2D eigenvalue weighted by atomic mass is 79.9. The number of hydrogen-bond acceptors (Lipinski definition) is 1.